The number of hydrogen-bond acceptors (Lipinski definition) is 4. The third-order valence-corrected chi connectivity index (χ3v) is 5.80. The Bertz CT molecular complexity index is 431. The maximum atomic E-state index is 4.84. The Morgan fingerprint density at radius 3 is 3.11 bits per heavy atom. The molecule has 2 fully saturated rings. The first-order chi connectivity index (χ1) is 9.26. The minimum Gasteiger partial charge on any atom is -0.304 e. The first kappa shape index (κ1) is 13.5. The minimum atomic E-state index is 0.134. The van der Waals surface area contributed by atoms with E-state index >= 15 is 0 Å². The van der Waals surface area contributed by atoms with Crippen LogP contribution in [0.1, 0.15) is 49.7 Å². The summed E-state index contributed by atoms with van der Waals surface area (Å²) in [4.78, 5) is 7.54. The number of thiazole rings is 1. The second-order valence-electron chi connectivity index (χ2n) is 5.99. The van der Waals surface area contributed by atoms with E-state index in [0.29, 0.717) is 6.04 Å². The molecule has 1 N–H and O–H groups in total. The van der Waals surface area contributed by atoms with E-state index in [1.54, 1.807) is 0 Å². The lowest BCUT2D eigenvalue weighted by atomic mass is 9.85. The summed E-state index contributed by atoms with van der Waals surface area (Å²) < 4.78 is 0. The van der Waals surface area contributed by atoms with Gasteiger partial charge in [0.25, 0.3) is 0 Å². The van der Waals surface area contributed by atoms with Gasteiger partial charge >= 0.3 is 0 Å². The number of fused-ring (bicyclic) bond motifs is 1. The zero-order valence-corrected chi connectivity index (χ0v) is 12.9. The number of hydrogen-bond donors (Lipinski definition) is 1. The van der Waals surface area contributed by atoms with Gasteiger partial charge in [-0.3, -0.25) is 4.90 Å². The van der Waals surface area contributed by atoms with Crippen molar-refractivity contribution < 1.29 is 0 Å². The summed E-state index contributed by atoms with van der Waals surface area (Å²) in [5.41, 5.74) is 1.31. The molecule has 3 rings (SSSR count). The molecule has 0 amide bonds. The molecule has 0 bridgehead atoms. The van der Waals surface area contributed by atoms with Crippen molar-refractivity contribution in [2.45, 2.75) is 57.5 Å². The summed E-state index contributed by atoms with van der Waals surface area (Å²) in [5.74, 6) is 0. The first-order valence-corrected chi connectivity index (χ1v) is 8.56. The van der Waals surface area contributed by atoms with Crippen molar-refractivity contribution in [3.05, 3.63) is 16.1 Å². The lowest BCUT2D eigenvalue weighted by molar-refractivity contribution is 0.136. The van der Waals surface area contributed by atoms with Gasteiger partial charge in [-0.1, -0.05) is 13.3 Å². The van der Waals surface area contributed by atoms with Gasteiger partial charge in [-0.05, 0) is 45.7 Å². The van der Waals surface area contributed by atoms with E-state index < -0.39 is 0 Å². The maximum absolute atomic E-state index is 4.84. The summed E-state index contributed by atoms with van der Waals surface area (Å²) >= 11 is 1.85. The van der Waals surface area contributed by atoms with Crippen LogP contribution in [-0.2, 0) is 5.54 Å². The van der Waals surface area contributed by atoms with Gasteiger partial charge in [0.05, 0.1) is 5.54 Å². The van der Waals surface area contributed by atoms with Gasteiger partial charge in [-0.2, -0.15) is 0 Å². The van der Waals surface area contributed by atoms with E-state index in [9.17, 15) is 0 Å². The smallest absolute Gasteiger partial charge is 0.115 e. The van der Waals surface area contributed by atoms with E-state index in [1.165, 1.54) is 55.9 Å². The molecular formula is C15H25N3S. The summed E-state index contributed by atoms with van der Waals surface area (Å²) in [7, 11) is 0. The average molecular weight is 279 g/mol. The fourth-order valence-electron chi connectivity index (χ4n) is 3.74. The van der Waals surface area contributed by atoms with Crippen molar-refractivity contribution in [1.82, 2.24) is 15.2 Å². The zero-order valence-electron chi connectivity index (χ0n) is 12.1. The summed E-state index contributed by atoms with van der Waals surface area (Å²) in [6.07, 6.45) is 6.50. The lowest BCUT2D eigenvalue weighted by Gasteiger charge is -2.40. The highest BCUT2D eigenvalue weighted by Crippen LogP contribution is 2.43. The van der Waals surface area contributed by atoms with E-state index in [4.69, 9.17) is 4.98 Å². The van der Waals surface area contributed by atoms with Crippen molar-refractivity contribution in [3.63, 3.8) is 0 Å². The van der Waals surface area contributed by atoms with Gasteiger partial charge in [0, 0.05) is 23.7 Å². The second-order valence-corrected chi connectivity index (χ2v) is 6.85. The monoisotopic (exact) mass is 279 g/mol. The standard InChI is InChI=1S/C15H25N3S/c1-3-8-16-15(14-17-12(2)11-19-14)7-10-18-9-5-4-6-13(15)18/h11,13,16H,3-10H2,1-2H3. The van der Waals surface area contributed by atoms with Crippen LogP contribution in [0.5, 0.6) is 0 Å². The topological polar surface area (TPSA) is 28.2 Å². The number of nitrogens with zero attached hydrogens (tertiary/aromatic N) is 2. The Labute approximate surface area is 120 Å². The third-order valence-electron chi connectivity index (χ3n) is 4.67. The highest BCUT2D eigenvalue weighted by Gasteiger charge is 2.50. The molecule has 2 unspecified atom stereocenters. The van der Waals surface area contributed by atoms with Gasteiger partial charge in [0.2, 0.25) is 0 Å². The summed E-state index contributed by atoms with van der Waals surface area (Å²) in [5, 5.41) is 7.41. The van der Waals surface area contributed by atoms with E-state index in [1.807, 2.05) is 11.3 Å². The first-order valence-electron chi connectivity index (χ1n) is 7.68. The van der Waals surface area contributed by atoms with Gasteiger partial charge in [-0.15, -0.1) is 11.3 Å². The number of aromatic nitrogens is 1. The molecule has 1 aromatic heterocycles. The molecule has 1 aromatic rings. The molecule has 3 nitrogen and oxygen atoms in total. The minimum absolute atomic E-state index is 0.134. The van der Waals surface area contributed by atoms with Gasteiger partial charge in [0.1, 0.15) is 5.01 Å². The molecule has 0 saturated carbocycles. The zero-order chi connectivity index (χ0) is 13.3. The number of piperidine rings is 1. The molecule has 106 valence electrons. The predicted octanol–water partition coefficient (Wildman–Crippen LogP) is 2.90. The quantitative estimate of drug-likeness (QED) is 0.918. The van der Waals surface area contributed by atoms with Gasteiger partial charge in [-0.25, -0.2) is 4.98 Å². The van der Waals surface area contributed by atoms with Crippen LogP contribution in [0.4, 0.5) is 0 Å². The van der Waals surface area contributed by atoms with Crippen molar-refractivity contribution in [2.24, 2.45) is 0 Å². The van der Waals surface area contributed by atoms with Crippen LogP contribution in [0.2, 0.25) is 0 Å². The number of aryl methyl sites for hydroxylation is 1. The van der Waals surface area contributed by atoms with Crippen LogP contribution in [0.15, 0.2) is 5.38 Å². The van der Waals surface area contributed by atoms with Crippen LogP contribution < -0.4 is 5.32 Å². The molecule has 2 aliphatic heterocycles. The molecule has 0 aromatic carbocycles. The normalized spacial score (nSPS) is 31.6. The molecular weight excluding hydrogens is 254 g/mol. The van der Waals surface area contributed by atoms with Crippen LogP contribution in [0.25, 0.3) is 0 Å². The van der Waals surface area contributed by atoms with E-state index in [-0.39, 0.29) is 5.54 Å². The SMILES string of the molecule is CCCNC1(c2nc(C)cs2)CCN2CCCCC21. The van der Waals surface area contributed by atoms with E-state index in [2.05, 4.69) is 29.4 Å². The van der Waals surface area contributed by atoms with Crippen molar-refractivity contribution in [1.29, 1.82) is 0 Å². The van der Waals surface area contributed by atoms with Crippen LogP contribution in [0.3, 0.4) is 0 Å². The third kappa shape index (κ3) is 2.34. The number of rotatable bonds is 4. The fourth-order valence-corrected chi connectivity index (χ4v) is 4.79. The van der Waals surface area contributed by atoms with Crippen LogP contribution >= 0.6 is 11.3 Å². The number of nitrogens with one attached hydrogen (secondary N) is 1. The Morgan fingerprint density at radius 1 is 1.47 bits per heavy atom. The maximum Gasteiger partial charge on any atom is 0.115 e. The predicted molar refractivity (Wildman–Crippen MR) is 80.7 cm³/mol. The molecule has 4 heteroatoms. The largest absolute Gasteiger partial charge is 0.304 e. The average Bonchev–Trinajstić information content (AvgIpc) is 3.02. The van der Waals surface area contributed by atoms with E-state index in [0.717, 1.165) is 6.54 Å². The molecule has 2 aliphatic rings. The fraction of sp³-hybridized carbons (Fsp3) is 0.800. The molecule has 19 heavy (non-hydrogen) atoms. The Morgan fingerprint density at radius 2 is 2.37 bits per heavy atom. The van der Waals surface area contributed by atoms with Gasteiger partial charge in [0.15, 0.2) is 0 Å². The van der Waals surface area contributed by atoms with Crippen LogP contribution in [0, 0.1) is 6.92 Å². The molecule has 3 heterocycles. The lowest BCUT2D eigenvalue weighted by Crippen LogP contribution is -2.53. The van der Waals surface area contributed by atoms with Gasteiger partial charge < -0.3 is 5.32 Å². The molecule has 2 saturated heterocycles. The Balaban J connectivity index is 1.92. The molecule has 2 atom stereocenters. The summed E-state index contributed by atoms with van der Waals surface area (Å²) in [6.45, 7) is 7.98. The van der Waals surface area contributed by atoms with Crippen molar-refractivity contribution in [2.75, 3.05) is 19.6 Å². The molecule has 0 spiro atoms. The Kier molecular flexibility index (Phi) is 3.92. The molecule has 0 aliphatic carbocycles. The summed E-state index contributed by atoms with van der Waals surface area (Å²) in [6, 6.07) is 0.665. The Hall–Kier alpha value is -0.450. The highest BCUT2D eigenvalue weighted by molar-refractivity contribution is 7.09. The second kappa shape index (κ2) is 5.51. The highest BCUT2D eigenvalue weighted by atomic mass is 32.1. The van der Waals surface area contributed by atoms with Crippen molar-refractivity contribution >= 4 is 11.3 Å². The molecule has 0 radical (unpaired) electrons. The van der Waals surface area contributed by atoms with Crippen molar-refractivity contribution in [3.8, 4) is 0 Å². The van der Waals surface area contributed by atoms with Crippen LogP contribution in [-0.4, -0.2) is 35.6 Å².